The van der Waals surface area contributed by atoms with Crippen LogP contribution in [-0.4, -0.2) is 14.8 Å². The van der Waals surface area contributed by atoms with Gasteiger partial charge >= 0.3 is 0 Å². The van der Waals surface area contributed by atoms with E-state index in [9.17, 15) is 4.39 Å². The Hall–Kier alpha value is -2.21. The van der Waals surface area contributed by atoms with Crippen molar-refractivity contribution in [2.75, 3.05) is 5.73 Å². The molecule has 0 saturated carbocycles. The topological polar surface area (TPSA) is 56.7 Å². The van der Waals surface area contributed by atoms with Crippen molar-refractivity contribution in [2.45, 2.75) is 6.92 Å². The number of pyridine rings is 1. The van der Waals surface area contributed by atoms with Crippen LogP contribution in [0, 0.1) is 12.7 Å². The minimum absolute atomic E-state index is 0.355. The monoisotopic (exact) mass is 346 g/mol. The average Bonchev–Trinajstić information content (AvgIpc) is 2.83. The summed E-state index contributed by atoms with van der Waals surface area (Å²) in [6.07, 6.45) is 3.33. The van der Waals surface area contributed by atoms with E-state index in [-0.39, 0.29) is 5.82 Å². The number of hydrogen-bond acceptors (Lipinski definition) is 3. The lowest BCUT2D eigenvalue weighted by atomic mass is 10.1. The fourth-order valence-electron chi connectivity index (χ4n) is 2.04. The predicted molar refractivity (Wildman–Crippen MR) is 83.6 cm³/mol. The largest absolute Gasteiger partial charge is 0.396 e. The van der Waals surface area contributed by atoms with Crippen LogP contribution in [-0.2, 0) is 0 Å². The fraction of sp³-hybridized carbons (Fsp3) is 0.0667. The Balaban J connectivity index is 2.12. The van der Waals surface area contributed by atoms with E-state index in [4.69, 9.17) is 5.73 Å². The van der Waals surface area contributed by atoms with Crippen molar-refractivity contribution in [3.63, 3.8) is 0 Å². The summed E-state index contributed by atoms with van der Waals surface area (Å²) < 4.78 is 16.3. The molecule has 4 nitrogen and oxygen atoms in total. The zero-order valence-electron chi connectivity index (χ0n) is 11.2. The predicted octanol–water partition coefficient (Wildman–Crippen LogP) is 3.73. The molecule has 106 valence electrons. The number of anilines is 1. The van der Waals surface area contributed by atoms with Gasteiger partial charge in [-0.05, 0) is 42.8 Å². The molecule has 0 aliphatic carbocycles. The lowest BCUT2D eigenvalue weighted by Gasteiger charge is -2.02. The van der Waals surface area contributed by atoms with Gasteiger partial charge in [-0.3, -0.25) is 0 Å². The highest BCUT2D eigenvalue weighted by Crippen LogP contribution is 2.29. The zero-order chi connectivity index (χ0) is 15.0. The van der Waals surface area contributed by atoms with Gasteiger partial charge in [-0.25, -0.2) is 14.1 Å². The van der Waals surface area contributed by atoms with Crippen LogP contribution in [0.3, 0.4) is 0 Å². The van der Waals surface area contributed by atoms with E-state index in [1.807, 2.05) is 19.1 Å². The van der Waals surface area contributed by atoms with Gasteiger partial charge in [0, 0.05) is 16.2 Å². The molecule has 21 heavy (non-hydrogen) atoms. The van der Waals surface area contributed by atoms with Gasteiger partial charge in [-0.1, -0.05) is 15.9 Å². The standard InChI is InChI=1S/C15H12BrFN4/c1-9-4-5-19-14(6-9)21-8-13(18)15(20-21)11-7-10(16)2-3-12(11)17/h2-8H,18H2,1H3. The Bertz CT molecular complexity index is 813. The van der Waals surface area contributed by atoms with E-state index in [0.717, 1.165) is 10.0 Å². The van der Waals surface area contributed by atoms with Crippen molar-refractivity contribution in [2.24, 2.45) is 0 Å². The van der Waals surface area contributed by atoms with Gasteiger partial charge < -0.3 is 5.73 Å². The molecule has 2 heterocycles. The summed E-state index contributed by atoms with van der Waals surface area (Å²) in [5, 5.41) is 4.36. The van der Waals surface area contributed by atoms with Crippen molar-refractivity contribution in [1.82, 2.24) is 14.8 Å². The molecular formula is C15H12BrFN4. The van der Waals surface area contributed by atoms with Gasteiger partial charge in [-0.15, -0.1) is 0 Å². The highest BCUT2D eigenvalue weighted by molar-refractivity contribution is 9.10. The van der Waals surface area contributed by atoms with Crippen LogP contribution >= 0.6 is 15.9 Å². The van der Waals surface area contributed by atoms with Crippen molar-refractivity contribution < 1.29 is 4.39 Å². The number of nitrogens with two attached hydrogens (primary N) is 1. The number of rotatable bonds is 2. The molecule has 0 unspecified atom stereocenters. The molecule has 0 atom stereocenters. The third-order valence-electron chi connectivity index (χ3n) is 3.06. The third-order valence-corrected chi connectivity index (χ3v) is 3.56. The molecule has 0 fully saturated rings. The Labute approximate surface area is 129 Å². The minimum atomic E-state index is -0.368. The first kappa shape index (κ1) is 13.8. The quantitative estimate of drug-likeness (QED) is 0.769. The number of nitrogen functional groups attached to an aromatic ring is 1. The van der Waals surface area contributed by atoms with Crippen LogP contribution in [0.1, 0.15) is 5.56 Å². The number of nitrogens with zero attached hydrogens (tertiary/aromatic N) is 3. The van der Waals surface area contributed by atoms with E-state index >= 15 is 0 Å². The van der Waals surface area contributed by atoms with Gasteiger partial charge in [0.25, 0.3) is 0 Å². The van der Waals surface area contributed by atoms with E-state index < -0.39 is 0 Å². The van der Waals surface area contributed by atoms with Crippen molar-refractivity contribution in [1.29, 1.82) is 0 Å². The zero-order valence-corrected chi connectivity index (χ0v) is 12.8. The number of aromatic nitrogens is 3. The lowest BCUT2D eigenvalue weighted by Crippen LogP contribution is -1.98. The van der Waals surface area contributed by atoms with Gasteiger partial charge in [0.2, 0.25) is 0 Å². The summed E-state index contributed by atoms with van der Waals surface area (Å²) in [6.45, 7) is 1.97. The molecule has 3 aromatic rings. The van der Waals surface area contributed by atoms with Gasteiger partial charge in [0.05, 0.1) is 11.9 Å². The summed E-state index contributed by atoms with van der Waals surface area (Å²) in [5.74, 6) is 0.274. The first-order valence-corrected chi connectivity index (χ1v) is 7.07. The van der Waals surface area contributed by atoms with Crippen LogP contribution < -0.4 is 5.73 Å². The van der Waals surface area contributed by atoms with E-state index in [1.165, 1.54) is 6.07 Å². The molecule has 2 N–H and O–H groups in total. The Morgan fingerprint density at radius 3 is 2.81 bits per heavy atom. The maximum Gasteiger partial charge on any atom is 0.153 e. The summed E-state index contributed by atoms with van der Waals surface area (Å²) in [6, 6.07) is 8.44. The van der Waals surface area contributed by atoms with Crippen molar-refractivity contribution >= 4 is 21.6 Å². The molecule has 0 saturated heterocycles. The smallest absolute Gasteiger partial charge is 0.153 e. The lowest BCUT2D eigenvalue weighted by molar-refractivity contribution is 0.630. The van der Waals surface area contributed by atoms with Crippen LogP contribution in [0.5, 0.6) is 0 Å². The van der Waals surface area contributed by atoms with Crippen LogP contribution in [0.15, 0.2) is 47.2 Å². The number of hydrogen-bond donors (Lipinski definition) is 1. The van der Waals surface area contributed by atoms with Gasteiger partial charge in [-0.2, -0.15) is 5.10 Å². The SMILES string of the molecule is Cc1ccnc(-n2cc(N)c(-c3cc(Br)ccc3F)n2)c1. The van der Waals surface area contributed by atoms with Crippen LogP contribution in [0.2, 0.25) is 0 Å². The molecule has 2 aromatic heterocycles. The highest BCUT2D eigenvalue weighted by Gasteiger charge is 2.14. The highest BCUT2D eigenvalue weighted by atomic mass is 79.9. The number of aryl methyl sites for hydroxylation is 1. The van der Waals surface area contributed by atoms with Gasteiger partial charge in [0.1, 0.15) is 11.5 Å². The van der Waals surface area contributed by atoms with Gasteiger partial charge in [0.15, 0.2) is 5.82 Å². The second-order valence-corrected chi connectivity index (χ2v) is 5.61. The molecule has 1 aromatic carbocycles. The average molecular weight is 347 g/mol. The molecule has 0 aliphatic heterocycles. The van der Waals surface area contributed by atoms with Crippen molar-refractivity contribution in [3.05, 3.63) is 58.6 Å². The summed E-state index contributed by atoms with van der Waals surface area (Å²) in [5.41, 5.74) is 8.19. The molecule has 3 rings (SSSR count). The summed E-state index contributed by atoms with van der Waals surface area (Å²) in [4.78, 5) is 4.24. The molecule has 0 aliphatic rings. The molecule has 0 spiro atoms. The first-order valence-electron chi connectivity index (χ1n) is 6.28. The molecule has 0 amide bonds. The summed E-state index contributed by atoms with van der Waals surface area (Å²) >= 11 is 3.32. The number of halogens is 2. The number of benzene rings is 1. The fourth-order valence-corrected chi connectivity index (χ4v) is 2.40. The van der Waals surface area contributed by atoms with Crippen molar-refractivity contribution in [3.8, 4) is 17.1 Å². The maximum atomic E-state index is 14.0. The molecular weight excluding hydrogens is 335 g/mol. The second kappa shape index (κ2) is 5.29. The first-order chi connectivity index (χ1) is 10.0. The van der Waals surface area contributed by atoms with Crippen LogP contribution in [0.25, 0.3) is 17.1 Å². The Morgan fingerprint density at radius 1 is 1.24 bits per heavy atom. The van der Waals surface area contributed by atoms with E-state index in [0.29, 0.717) is 22.8 Å². The Kier molecular flexibility index (Phi) is 3.47. The van der Waals surface area contributed by atoms with E-state index in [1.54, 1.807) is 29.2 Å². The molecule has 0 bridgehead atoms. The maximum absolute atomic E-state index is 14.0. The second-order valence-electron chi connectivity index (χ2n) is 4.69. The molecule has 6 heteroatoms. The van der Waals surface area contributed by atoms with Crippen LogP contribution in [0.4, 0.5) is 10.1 Å². The molecule has 0 radical (unpaired) electrons. The third kappa shape index (κ3) is 2.67. The summed E-state index contributed by atoms with van der Waals surface area (Å²) in [7, 11) is 0. The van der Waals surface area contributed by atoms with E-state index in [2.05, 4.69) is 26.0 Å². The Morgan fingerprint density at radius 2 is 2.05 bits per heavy atom. The normalized spacial score (nSPS) is 10.8. The minimum Gasteiger partial charge on any atom is -0.396 e.